The van der Waals surface area contributed by atoms with Crippen LogP contribution in [0.1, 0.15) is 43.4 Å². The van der Waals surface area contributed by atoms with Crippen LogP contribution in [0.3, 0.4) is 0 Å². The fourth-order valence-electron chi connectivity index (χ4n) is 11.6. The Morgan fingerprint density at radius 1 is 0.415 bits per heavy atom. The van der Waals surface area contributed by atoms with E-state index in [4.69, 9.17) is 4.74 Å². The zero-order valence-electron chi connectivity index (χ0n) is 36.5. The summed E-state index contributed by atoms with van der Waals surface area (Å²) in [5.41, 5.74) is 15.6. The molecule has 2 heteroatoms. The number of hydrogen-bond acceptors (Lipinski definition) is 1. The van der Waals surface area contributed by atoms with E-state index in [9.17, 15) is 0 Å². The molecule has 1 aromatic heterocycles. The van der Waals surface area contributed by atoms with Crippen molar-refractivity contribution >= 4 is 54.1 Å². The fraction of sp³-hybridized carbons (Fsp3) is 0.0794. The molecule has 1 unspecified atom stereocenters. The largest absolute Gasteiger partial charge is 0.461 e. The quantitative estimate of drug-likeness (QED) is 0.162. The second-order valence-corrected chi connectivity index (χ2v) is 17.4. The third kappa shape index (κ3) is 5.35. The maximum Gasteiger partial charge on any atom is 0.131 e. The molecule has 10 aromatic carbocycles. The lowest BCUT2D eigenvalue weighted by molar-refractivity contribution is 0.364. The second-order valence-electron chi connectivity index (χ2n) is 17.4. The van der Waals surface area contributed by atoms with Gasteiger partial charge in [-0.3, -0.25) is 0 Å². The fourth-order valence-corrected chi connectivity index (χ4v) is 11.6. The minimum atomic E-state index is -0.493. The van der Waals surface area contributed by atoms with Crippen LogP contribution in [0.5, 0.6) is 5.75 Å². The van der Waals surface area contributed by atoms with Crippen LogP contribution in [0.25, 0.3) is 93.2 Å². The summed E-state index contributed by atoms with van der Waals surface area (Å²) in [5.74, 6) is 2.04. The maximum atomic E-state index is 6.75. The second kappa shape index (κ2) is 14.6. The van der Waals surface area contributed by atoms with Crippen molar-refractivity contribution in [1.82, 2.24) is 4.57 Å². The Kier molecular flexibility index (Phi) is 8.42. The number of benzene rings is 10. The molecule has 11 aromatic rings. The van der Waals surface area contributed by atoms with Crippen molar-refractivity contribution in [2.75, 3.05) is 0 Å². The number of allylic oxidation sites excluding steroid dienone is 4. The molecule has 3 aliphatic rings. The summed E-state index contributed by atoms with van der Waals surface area (Å²) in [6.07, 6.45) is 6.55. The van der Waals surface area contributed by atoms with Crippen LogP contribution in [0, 0.1) is 0 Å². The van der Waals surface area contributed by atoms with Gasteiger partial charge in [-0.2, -0.15) is 0 Å². The number of para-hydroxylation sites is 2. The zero-order valence-corrected chi connectivity index (χ0v) is 36.5. The van der Waals surface area contributed by atoms with Crippen molar-refractivity contribution in [3.05, 3.63) is 240 Å². The number of rotatable bonds is 3. The first-order chi connectivity index (χ1) is 32.2. The van der Waals surface area contributed by atoms with Gasteiger partial charge in [0.2, 0.25) is 0 Å². The first-order valence-corrected chi connectivity index (χ1v) is 23.1. The molecule has 308 valence electrons. The van der Waals surface area contributed by atoms with Gasteiger partial charge in [0.1, 0.15) is 11.5 Å². The van der Waals surface area contributed by atoms with Crippen molar-refractivity contribution in [2.24, 2.45) is 0 Å². The van der Waals surface area contributed by atoms with E-state index in [2.05, 4.69) is 217 Å². The summed E-state index contributed by atoms with van der Waals surface area (Å²) in [5, 5.41) is 10.2. The lowest BCUT2D eigenvalue weighted by Crippen LogP contribution is -2.35. The first kappa shape index (κ1) is 37.6. The highest BCUT2D eigenvalue weighted by molar-refractivity contribution is 6.25. The third-order valence-corrected chi connectivity index (χ3v) is 14.3. The van der Waals surface area contributed by atoms with Gasteiger partial charge in [-0.05, 0) is 138 Å². The highest BCUT2D eigenvalue weighted by Crippen LogP contribution is 2.62. The molecular formula is C63H45NO. The number of fused-ring (bicyclic) bond motifs is 17. The molecule has 14 rings (SSSR count). The average molecular weight is 832 g/mol. The van der Waals surface area contributed by atoms with Crippen LogP contribution in [-0.4, -0.2) is 4.57 Å². The Hall–Kier alpha value is -7.94. The van der Waals surface area contributed by atoms with E-state index in [0.29, 0.717) is 0 Å². The molecule has 2 heterocycles. The van der Waals surface area contributed by atoms with Gasteiger partial charge in [0, 0.05) is 34.0 Å². The van der Waals surface area contributed by atoms with Crippen LogP contribution < -0.4 is 4.74 Å². The molecule has 0 saturated carbocycles. The summed E-state index contributed by atoms with van der Waals surface area (Å²) < 4.78 is 9.22. The molecular weight excluding hydrogens is 787 g/mol. The number of nitrogens with zero attached hydrogens (tertiary/aromatic N) is 1. The van der Waals surface area contributed by atoms with Crippen LogP contribution >= 0.6 is 0 Å². The summed E-state index contributed by atoms with van der Waals surface area (Å²) in [7, 11) is 0. The van der Waals surface area contributed by atoms with Gasteiger partial charge < -0.3 is 9.30 Å². The minimum Gasteiger partial charge on any atom is -0.461 e. The van der Waals surface area contributed by atoms with Crippen LogP contribution in [0.15, 0.2) is 224 Å². The van der Waals surface area contributed by atoms with Gasteiger partial charge in [-0.15, -0.1) is 0 Å². The van der Waals surface area contributed by atoms with Gasteiger partial charge in [-0.1, -0.05) is 172 Å². The Morgan fingerprint density at radius 3 is 1.75 bits per heavy atom. The molecule has 1 atom stereocenters. The Balaban J connectivity index is 0.00000209. The summed E-state index contributed by atoms with van der Waals surface area (Å²) >= 11 is 0. The standard InChI is InChI=1S/C61H39NO.C2H6/c1-2-17-42(18-3-1)62-57-32-30-41(39-16-14-15-38(33-39)40-29-31-47-45-21-5-4-19-43(45)44-20-6-7-22-46(44)49(47)34-40)35-51(57)52-36-50-48-23-8-9-24-53(48)61(56(50)37-58(52)62)54-25-10-12-27-59(54)63-60-28-13-11-26-55(60)61;1-2/h1-12,14-27,29-37H,13,28H2;1-2H3. The third-order valence-electron chi connectivity index (χ3n) is 14.3. The SMILES string of the molecule is C1=CC2=C(CC1)Oc1ccccc1C21c2ccccc2-c2cc3c4cc(-c5cccc(-c6ccc7c8ccccc8c8ccccc8c7c6)c5)ccc4n(-c4ccccc4)c3cc21.CC. The maximum absolute atomic E-state index is 6.75. The predicted octanol–water partition coefficient (Wildman–Crippen LogP) is 16.9. The van der Waals surface area contributed by atoms with E-state index < -0.39 is 5.41 Å². The molecule has 1 aliphatic heterocycles. The van der Waals surface area contributed by atoms with E-state index in [1.54, 1.807) is 0 Å². The molecule has 0 fully saturated rings. The van der Waals surface area contributed by atoms with Crippen molar-refractivity contribution < 1.29 is 4.74 Å². The molecule has 0 N–H and O–H groups in total. The van der Waals surface area contributed by atoms with Crippen LogP contribution in [-0.2, 0) is 5.41 Å². The predicted molar refractivity (Wildman–Crippen MR) is 273 cm³/mol. The van der Waals surface area contributed by atoms with E-state index in [-0.39, 0.29) is 0 Å². The van der Waals surface area contributed by atoms with Gasteiger partial charge in [0.15, 0.2) is 0 Å². The van der Waals surface area contributed by atoms with E-state index in [1.807, 2.05) is 13.8 Å². The number of aromatic nitrogens is 1. The zero-order chi connectivity index (χ0) is 43.2. The highest BCUT2D eigenvalue weighted by atomic mass is 16.5. The van der Waals surface area contributed by atoms with Gasteiger partial charge in [0.05, 0.1) is 16.4 Å². The van der Waals surface area contributed by atoms with E-state index in [0.717, 1.165) is 30.0 Å². The smallest absolute Gasteiger partial charge is 0.131 e. The molecule has 65 heavy (non-hydrogen) atoms. The van der Waals surface area contributed by atoms with E-state index in [1.165, 1.54) is 110 Å². The van der Waals surface area contributed by atoms with Crippen LogP contribution in [0.2, 0.25) is 0 Å². The summed E-state index contributed by atoms with van der Waals surface area (Å²) in [6.45, 7) is 4.00. The first-order valence-electron chi connectivity index (χ1n) is 23.1. The van der Waals surface area contributed by atoms with Crippen molar-refractivity contribution in [2.45, 2.75) is 32.1 Å². The topological polar surface area (TPSA) is 14.2 Å². The van der Waals surface area contributed by atoms with Gasteiger partial charge in [0.25, 0.3) is 0 Å². The molecule has 2 nitrogen and oxygen atoms in total. The minimum absolute atomic E-state index is 0.493. The Morgan fingerprint density at radius 2 is 1.00 bits per heavy atom. The molecule has 0 bridgehead atoms. The van der Waals surface area contributed by atoms with Crippen molar-refractivity contribution in [3.8, 4) is 44.8 Å². The monoisotopic (exact) mass is 831 g/mol. The molecule has 1 spiro atoms. The van der Waals surface area contributed by atoms with Gasteiger partial charge >= 0.3 is 0 Å². The molecule has 0 saturated heterocycles. The van der Waals surface area contributed by atoms with Crippen molar-refractivity contribution in [1.29, 1.82) is 0 Å². The number of ether oxygens (including phenoxy) is 1. The van der Waals surface area contributed by atoms with E-state index >= 15 is 0 Å². The molecule has 2 aliphatic carbocycles. The Labute approximate surface area is 379 Å². The highest BCUT2D eigenvalue weighted by Gasteiger charge is 2.52. The molecule has 0 radical (unpaired) electrons. The average Bonchev–Trinajstić information content (AvgIpc) is 3.86. The summed E-state index contributed by atoms with van der Waals surface area (Å²) in [6, 6.07) is 74.5. The lowest BCUT2D eigenvalue weighted by atomic mass is 9.64. The number of hydrogen-bond donors (Lipinski definition) is 0. The van der Waals surface area contributed by atoms with Crippen LogP contribution in [0.4, 0.5) is 0 Å². The van der Waals surface area contributed by atoms with Crippen molar-refractivity contribution in [3.63, 3.8) is 0 Å². The normalized spacial score (nSPS) is 15.8. The van der Waals surface area contributed by atoms with Gasteiger partial charge in [-0.25, -0.2) is 0 Å². The Bertz CT molecular complexity index is 3790. The lowest BCUT2D eigenvalue weighted by Gasteiger charge is -2.41. The molecule has 0 amide bonds. The summed E-state index contributed by atoms with van der Waals surface area (Å²) in [4.78, 5) is 0.